The van der Waals surface area contributed by atoms with E-state index < -0.39 is 11.8 Å². The molecule has 0 unspecified atom stereocenters. The van der Waals surface area contributed by atoms with E-state index in [2.05, 4.69) is 15.9 Å². The molecule has 94 valence electrons. The van der Waals surface area contributed by atoms with Crippen LogP contribution in [0.4, 0.5) is 4.79 Å². The molecule has 5 heteroatoms. The van der Waals surface area contributed by atoms with E-state index in [4.69, 9.17) is 14.2 Å². The molecule has 0 atom stereocenters. The Bertz CT molecular complexity index is 409. The second kappa shape index (κ2) is 5.40. The molecule has 0 heterocycles. The molecule has 0 N–H and O–H groups in total. The molecular weight excluding hydrogens is 288 g/mol. The molecule has 1 rings (SSSR count). The quantitative estimate of drug-likeness (QED) is 0.616. The Morgan fingerprint density at radius 3 is 2.41 bits per heavy atom. The first-order chi connectivity index (χ1) is 7.81. The first kappa shape index (κ1) is 13.8. The van der Waals surface area contributed by atoms with Gasteiger partial charge in [-0.3, -0.25) is 0 Å². The zero-order chi connectivity index (χ0) is 13.1. The summed E-state index contributed by atoms with van der Waals surface area (Å²) in [5, 5.41) is 0. The molecule has 1 aromatic rings. The van der Waals surface area contributed by atoms with Crippen molar-refractivity contribution in [2.45, 2.75) is 26.4 Å². The Hall–Kier alpha value is -1.23. The Labute approximate surface area is 109 Å². The second-order valence-corrected chi connectivity index (χ2v) is 5.28. The van der Waals surface area contributed by atoms with E-state index in [1.54, 1.807) is 39.0 Å². The average Bonchev–Trinajstić information content (AvgIpc) is 2.17. The number of ether oxygens (including phenoxy) is 3. The van der Waals surface area contributed by atoms with E-state index in [1.807, 2.05) is 0 Å². The summed E-state index contributed by atoms with van der Waals surface area (Å²) in [6, 6.07) is 5.09. The zero-order valence-electron chi connectivity index (χ0n) is 10.2. The number of carbonyl (C=O) groups excluding carboxylic acids is 1. The number of rotatable bonds is 2. The fraction of sp³-hybridized carbons (Fsp3) is 0.417. The van der Waals surface area contributed by atoms with Crippen molar-refractivity contribution in [2.24, 2.45) is 0 Å². The summed E-state index contributed by atoms with van der Waals surface area (Å²) in [6.45, 7) is 5.31. The molecule has 0 aliphatic rings. The summed E-state index contributed by atoms with van der Waals surface area (Å²) >= 11 is 3.30. The van der Waals surface area contributed by atoms with Crippen LogP contribution in [0.5, 0.6) is 11.5 Å². The number of halogens is 1. The van der Waals surface area contributed by atoms with Crippen LogP contribution >= 0.6 is 15.9 Å². The van der Waals surface area contributed by atoms with Crippen molar-refractivity contribution >= 4 is 22.1 Å². The van der Waals surface area contributed by atoms with E-state index >= 15 is 0 Å². The van der Waals surface area contributed by atoms with Gasteiger partial charge in [0, 0.05) is 4.47 Å². The highest BCUT2D eigenvalue weighted by Gasteiger charge is 2.19. The van der Waals surface area contributed by atoms with Gasteiger partial charge in [0.2, 0.25) is 0 Å². The number of hydrogen-bond acceptors (Lipinski definition) is 4. The van der Waals surface area contributed by atoms with Gasteiger partial charge in [-0.25, -0.2) is 4.79 Å². The SMILES string of the molecule is COc1cc(Br)ccc1OC(=O)OC(C)(C)C. The lowest BCUT2D eigenvalue weighted by Gasteiger charge is -2.19. The maximum absolute atomic E-state index is 11.5. The van der Waals surface area contributed by atoms with Gasteiger partial charge in [-0.1, -0.05) is 15.9 Å². The minimum atomic E-state index is -0.752. The van der Waals surface area contributed by atoms with Crippen LogP contribution in [0.3, 0.4) is 0 Å². The molecule has 0 spiro atoms. The number of carbonyl (C=O) groups is 1. The monoisotopic (exact) mass is 302 g/mol. The summed E-state index contributed by atoms with van der Waals surface area (Å²) in [4.78, 5) is 11.5. The molecule has 0 amide bonds. The van der Waals surface area contributed by atoms with E-state index in [-0.39, 0.29) is 0 Å². The molecule has 0 saturated heterocycles. The van der Waals surface area contributed by atoms with Gasteiger partial charge in [0.1, 0.15) is 5.60 Å². The van der Waals surface area contributed by atoms with Gasteiger partial charge in [0.05, 0.1) is 7.11 Å². The van der Waals surface area contributed by atoms with Crippen LogP contribution < -0.4 is 9.47 Å². The molecule has 17 heavy (non-hydrogen) atoms. The molecule has 0 bridgehead atoms. The number of benzene rings is 1. The van der Waals surface area contributed by atoms with Crippen molar-refractivity contribution in [2.75, 3.05) is 7.11 Å². The minimum absolute atomic E-state index is 0.324. The van der Waals surface area contributed by atoms with Crippen molar-refractivity contribution in [3.8, 4) is 11.5 Å². The lowest BCUT2D eigenvalue weighted by Crippen LogP contribution is -2.26. The Morgan fingerprint density at radius 1 is 1.24 bits per heavy atom. The van der Waals surface area contributed by atoms with Gasteiger partial charge in [-0.15, -0.1) is 0 Å². The zero-order valence-corrected chi connectivity index (χ0v) is 11.8. The van der Waals surface area contributed by atoms with Crippen LogP contribution in [0.1, 0.15) is 20.8 Å². The van der Waals surface area contributed by atoms with Gasteiger partial charge in [0.25, 0.3) is 0 Å². The van der Waals surface area contributed by atoms with Crippen molar-refractivity contribution in [1.29, 1.82) is 0 Å². The first-order valence-corrected chi connectivity index (χ1v) is 5.85. The lowest BCUT2D eigenvalue weighted by atomic mass is 10.2. The largest absolute Gasteiger partial charge is 0.514 e. The van der Waals surface area contributed by atoms with Crippen molar-refractivity contribution < 1.29 is 19.0 Å². The maximum atomic E-state index is 11.5. The normalized spacial score (nSPS) is 10.9. The highest BCUT2D eigenvalue weighted by molar-refractivity contribution is 9.10. The van der Waals surface area contributed by atoms with Crippen LogP contribution in [0.25, 0.3) is 0 Å². The average molecular weight is 303 g/mol. The molecule has 0 aromatic heterocycles. The molecule has 0 aliphatic heterocycles. The standard InChI is InChI=1S/C12H15BrO4/c1-12(2,3)17-11(14)16-9-6-5-8(13)7-10(9)15-4/h5-7H,1-4H3. The molecule has 4 nitrogen and oxygen atoms in total. The summed E-state index contributed by atoms with van der Waals surface area (Å²) in [5.41, 5.74) is -0.584. The van der Waals surface area contributed by atoms with Gasteiger partial charge in [-0.2, -0.15) is 0 Å². The third-order valence-corrected chi connectivity index (χ3v) is 2.20. The highest BCUT2D eigenvalue weighted by atomic mass is 79.9. The fourth-order valence-corrected chi connectivity index (χ4v) is 1.43. The van der Waals surface area contributed by atoms with Gasteiger partial charge < -0.3 is 14.2 Å². The highest BCUT2D eigenvalue weighted by Crippen LogP contribution is 2.30. The van der Waals surface area contributed by atoms with Crippen molar-refractivity contribution in [3.05, 3.63) is 22.7 Å². The Kier molecular flexibility index (Phi) is 4.40. The topological polar surface area (TPSA) is 44.8 Å². The molecular formula is C12H15BrO4. The third-order valence-electron chi connectivity index (χ3n) is 1.71. The van der Waals surface area contributed by atoms with Gasteiger partial charge in [0.15, 0.2) is 11.5 Å². The molecule has 0 saturated carbocycles. The smallest absolute Gasteiger partial charge is 0.493 e. The van der Waals surface area contributed by atoms with E-state index in [0.29, 0.717) is 11.5 Å². The van der Waals surface area contributed by atoms with E-state index in [0.717, 1.165) is 4.47 Å². The third kappa shape index (κ3) is 4.65. The molecule has 0 fully saturated rings. The van der Waals surface area contributed by atoms with Crippen molar-refractivity contribution in [3.63, 3.8) is 0 Å². The fourth-order valence-electron chi connectivity index (χ4n) is 1.09. The summed E-state index contributed by atoms with van der Waals surface area (Å²) in [6.07, 6.45) is -0.752. The van der Waals surface area contributed by atoms with Crippen LogP contribution in [-0.4, -0.2) is 18.9 Å². The number of methoxy groups -OCH3 is 1. The summed E-state index contributed by atoms with van der Waals surface area (Å²) in [5.74, 6) is 0.787. The van der Waals surface area contributed by atoms with E-state index in [1.165, 1.54) is 7.11 Å². The number of hydrogen-bond donors (Lipinski definition) is 0. The Morgan fingerprint density at radius 2 is 1.88 bits per heavy atom. The lowest BCUT2D eigenvalue weighted by molar-refractivity contribution is 0.0201. The first-order valence-electron chi connectivity index (χ1n) is 5.06. The molecule has 0 aliphatic carbocycles. The predicted octanol–water partition coefficient (Wildman–Crippen LogP) is 3.77. The van der Waals surface area contributed by atoms with Crippen LogP contribution in [0.2, 0.25) is 0 Å². The van der Waals surface area contributed by atoms with Crippen LogP contribution in [0, 0.1) is 0 Å². The molecule has 0 radical (unpaired) electrons. The van der Waals surface area contributed by atoms with E-state index in [9.17, 15) is 4.79 Å². The van der Waals surface area contributed by atoms with Crippen LogP contribution in [0.15, 0.2) is 22.7 Å². The van der Waals surface area contributed by atoms with Gasteiger partial charge in [-0.05, 0) is 39.0 Å². The summed E-state index contributed by atoms with van der Waals surface area (Å²) < 4.78 is 16.0. The Balaban J connectivity index is 2.78. The van der Waals surface area contributed by atoms with Gasteiger partial charge >= 0.3 is 6.16 Å². The minimum Gasteiger partial charge on any atom is -0.493 e. The summed E-state index contributed by atoms with van der Waals surface area (Å²) in [7, 11) is 1.50. The van der Waals surface area contributed by atoms with Crippen LogP contribution in [-0.2, 0) is 4.74 Å². The predicted molar refractivity (Wildman–Crippen MR) is 67.6 cm³/mol. The maximum Gasteiger partial charge on any atom is 0.514 e. The molecule has 1 aromatic carbocycles. The van der Waals surface area contributed by atoms with Crippen molar-refractivity contribution in [1.82, 2.24) is 0 Å². The second-order valence-electron chi connectivity index (χ2n) is 4.36.